The van der Waals surface area contributed by atoms with E-state index in [2.05, 4.69) is 22.5 Å². The van der Waals surface area contributed by atoms with Gasteiger partial charge in [-0.3, -0.25) is 0 Å². The predicted molar refractivity (Wildman–Crippen MR) is 163 cm³/mol. The van der Waals surface area contributed by atoms with Crippen molar-refractivity contribution in [3.8, 4) is 23.7 Å². The highest BCUT2D eigenvalue weighted by Gasteiger charge is 2.31. The minimum atomic E-state index is -4.46. The highest BCUT2D eigenvalue weighted by Crippen LogP contribution is 2.40. The zero-order valence-electron chi connectivity index (χ0n) is 23.6. The van der Waals surface area contributed by atoms with Gasteiger partial charge in [-0.15, -0.1) is 11.3 Å². The van der Waals surface area contributed by atoms with Gasteiger partial charge in [0.05, 0.1) is 64.3 Å². The molecule has 2 aliphatic rings. The van der Waals surface area contributed by atoms with E-state index < -0.39 is 28.3 Å². The van der Waals surface area contributed by atoms with E-state index in [4.69, 9.17) is 14.7 Å². The van der Waals surface area contributed by atoms with Gasteiger partial charge < -0.3 is 25.0 Å². The summed E-state index contributed by atoms with van der Waals surface area (Å²) in [6.07, 6.45) is -4.77. The first-order valence-corrected chi connectivity index (χ1v) is 16.6. The number of hydrogen-bond acceptors (Lipinski definition) is 9. The van der Waals surface area contributed by atoms with Crippen molar-refractivity contribution < 1.29 is 35.5 Å². The molecule has 44 heavy (non-hydrogen) atoms. The van der Waals surface area contributed by atoms with Gasteiger partial charge >= 0.3 is 6.18 Å². The monoisotopic (exact) mass is 650 g/mol. The van der Waals surface area contributed by atoms with Crippen molar-refractivity contribution in [2.75, 3.05) is 66.5 Å². The Hall–Kier alpha value is -3.72. The molecule has 5 rings (SSSR count). The molecule has 3 aromatic rings. The lowest BCUT2D eigenvalue weighted by molar-refractivity contribution is -0.126. The van der Waals surface area contributed by atoms with E-state index >= 15 is 4.39 Å². The van der Waals surface area contributed by atoms with Crippen LogP contribution in [-0.2, 0) is 21.0 Å². The highest BCUT2D eigenvalue weighted by atomic mass is 32.2. The predicted octanol–water partition coefficient (Wildman–Crippen LogP) is 5.34. The Morgan fingerprint density at radius 2 is 1.89 bits per heavy atom. The third-order valence-electron chi connectivity index (χ3n) is 7.37. The van der Waals surface area contributed by atoms with Crippen LogP contribution in [-0.4, -0.2) is 71.6 Å². The number of ether oxygens (including phenoxy) is 2. The van der Waals surface area contributed by atoms with Crippen LogP contribution in [0, 0.1) is 29.0 Å². The van der Waals surface area contributed by atoms with Crippen molar-refractivity contribution in [1.82, 2.24) is 0 Å². The first kappa shape index (κ1) is 31.7. The van der Waals surface area contributed by atoms with Crippen LogP contribution in [0.15, 0.2) is 30.3 Å². The number of thiophene rings is 1. The molecule has 0 unspecified atom stereocenters. The number of anilines is 3. The van der Waals surface area contributed by atoms with Gasteiger partial charge in [-0.25, -0.2) is 12.8 Å². The number of morpholine rings is 1. The van der Waals surface area contributed by atoms with Crippen molar-refractivity contribution in [3.63, 3.8) is 0 Å². The molecule has 1 aromatic heterocycles. The number of benzene rings is 2. The summed E-state index contributed by atoms with van der Waals surface area (Å²) < 4.78 is 91.1. The summed E-state index contributed by atoms with van der Waals surface area (Å²) in [6, 6.07) is 9.62. The Bertz CT molecular complexity index is 1700. The van der Waals surface area contributed by atoms with Gasteiger partial charge in [-0.2, -0.15) is 18.4 Å². The van der Waals surface area contributed by atoms with Crippen LogP contribution in [0.25, 0.3) is 10.1 Å². The lowest BCUT2D eigenvalue weighted by atomic mass is 10.1. The normalized spacial score (nSPS) is 17.0. The standard InChI is InChI=1S/C30H30F4N4O4S2/c31-23-17-25(27(42-12-8-35)18-26(23)38-10-13-41-14-11-38)36-9-2-5-28-22(19-30(32,33)34)21-3-1-4-24(29(21)43-28)37-20-6-15-44(39,40)16-7-20/h1,3-4,17-18,20,36-37H,6-7,9-16,19H2. The SMILES string of the molecule is N#CCOc1cc(N2CCOCC2)c(F)cc1NCC#Cc1sc2c(NC3CCS(=O)(=O)CC3)cccc2c1CC(F)(F)F. The molecule has 14 heteroatoms. The maximum absolute atomic E-state index is 15.1. The number of nitrogens with one attached hydrogen (secondary N) is 2. The van der Waals surface area contributed by atoms with Gasteiger partial charge in [0.25, 0.3) is 0 Å². The average molecular weight is 651 g/mol. The first-order chi connectivity index (χ1) is 21.0. The minimum Gasteiger partial charge on any atom is -0.477 e. The molecule has 2 aliphatic heterocycles. The zero-order valence-corrected chi connectivity index (χ0v) is 25.2. The quantitative estimate of drug-likeness (QED) is 0.249. The maximum Gasteiger partial charge on any atom is 0.393 e. The second-order valence-corrected chi connectivity index (χ2v) is 13.8. The Labute approximate surface area is 256 Å². The fraction of sp³-hybridized carbons (Fsp3) is 0.433. The van der Waals surface area contributed by atoms with Crippen LogP contribution in [0.3, 0.4) is 0 Å². The smallest absolute Gasteiger partial charge is 0.393 e. The minimum absolute atomic E-state index is 0.0272. The van der Waals surface area contributed by atoms with Crippen molar-refractivity contribution in [1.29, 1.82) is 5.26 Å². The summed E-state index contributed by atoms with van der Waals surface area (Å²) in [5.74, 6) is 5.60. The molecule has 0 radical (unpaired) electrons. The van der Waals surface area contributed by atoms with E-state index in [0.717, 1.165) is 11.3 Å². The van der Waals surface area contributed by atoms with E-state index in [9.17, 15) is 21.6 Å². The van der Waals surface area contributed by atoms with E-state index in [0.29, 0.717) is 60.6 Å². The second kappa shape index (κ2) is 13.5. The largest absolute Gasteiger partial charge is 0.477 e. The first-order valence-electron chi connectivity index (χ1n) is 14.0. The number of halogens is 4. The number of alkyl halides is 3. The summed E-state index contributed by atoms with van der Waals surface area (Å²) in [4.78, 5) is 2.08. The number of nitrogens with zero attached hydrogens (tertiary/aromatic N) is 2. The van der Waals surface area contributed by atoms with Crippen LogP contribution in [0.5, 0.6) is 5.75 Å². The number of fused-ring (bicyclic) bond motifs is 1. The van der Waals surface area contributed by atoms with Crippen molar-refractivity contribution in [2.24, 2.45) is 0 Å². The molecule has 8 nitrogen and oxygen atoms in total. The van der Waals surface area contributed by atoms with Crippen LogP contribution in [0.4, 0.5) is 34.6 Å². The van der Waals surface area contributed by atoms with Crippen molar-refractivity contribution >= 4 is 48.3 Å². The molecule has 2 saturated heterocycles. The lowest BCUT2D eigenvalue weighted by Crippen LogP contribution is -2.36. The molecule has 0 amide bonds. The summed E-state index contributed by atoms with van der Waals surface area (Å²) in [7, 11) is -3.06. The summed E-state index contributed by atoms with van der Waals surface area (Å²) in [5, 5.41) is 15.7. The fourth-order valence-electron chi connectivity index (χ4n) is 5.24. The molecule has 2 N–H and O–H groups in total. The Balaban J connectivity index is 1.39. The van der Waals surface area contributed by atoms with Gasteiger partial charge in [-0.05, 0) is 29.9 Å². The molecular formula is C30H30F4N4O4S2. The molecule has 2 fully saturated rings. The molecule has 0 saturated carbocycles. The van der Waals surface area contributed by atoms with E-state index in [1.54, 1.807) is 18.2 Å². The van der Waals surface area contributed by atoms with Gasteiger partial charge in [-0.1, -0.05) is 24.0 Å². The topological polar surface area (TPSA) is 104 Å². The molecular weight excluding hydrogens is 620 g/mol. The highest BCUT2D eigenvalue weighted by molar-refractivity contribution is 7.91. The summed E-state index contributed by atoms with van der Waals surface area (Å²) in [5.41, 5.74) is 1.29. The van der Waals surface area contributed by atoms with E-state index in [-0.39, 0.29) is 52.6 Å². The third-order valence-corrected chi connectivity index (χ3v) is 10.3. The Kier molecular flexibility index (Phi) is 9.73. The molecule has 3 heterocycles. The Morgan fingerprint density at radius 3 is 2.59 bits per heavy atom. The number of nitriles is 1. The molecule has 0 aliphatic carbocycles. The zero-order chi connectivity index (χ0) is 31.3. The van der Waals surface area contributed by atoms with Crippen LogP contribution in [0.2, 0.25) is 0 Å². The second-order valence-electron chi connectivity index (χ2n) is 10.5. The molecule has 0 bridgehead atoms. The van der Waals surface area contributed by atoms with Crippen molar-refractivity contribution in [3.05, 3.63) is 46.6 Å². The van der Waals surface area contributed by atoms with Crippen LogP contribution in [0.1, 0.15) is 23.3 Å². The van der Waals surface area contributed by atoms with Crippen molar-refractivity contribution in [2.45, 2.75) is 31.5 Å². The molecule has 234 valence electrons. The lowest BCUT2D eigenvalue weighted by Gasteiger charge is -2.29. The molecule has 2 aromatic carbocycles. The fourth-order valence-corrected chi connectivity index (χ4v) is 7.90. The molecule has 0 atom stereocenters. The Morgan fingerprint density at radius 1 is 1.14 bits per heavy atom. The summed E-state index contributed by atoms with van der Waals surface area (Å²) in [6.45, 7) is 1.63. The van der Waals surface area contributed by atoms with Crippen LogP contribution >= 0.6 is 11.3 Å². The molecule has 0 spiro atoms. The number of hydrogen-bond donors (Lipinski definition) is 2. The van der Waals surface area contributed by atoms with Gasteiger partial charge in [0.2, 0.25) is 0 Å². The van der Waals surface area contributed by atoms with Crippen LogP contribution < -0.4 is 20.3 Å². The maximum atomic E-state index is 15.1. The summed E-state index contributed by atoms with van der Waals surface area (Å²) >= 11 is 1.14. The van der Waals surface area contributed by atoms with Gasteiger partial charge in [0, 0.05) is 31.3 Å². The average Bonchev–Trinajstić information content (AvgIpc) is 3.32. The van der Waals surface area contributed by atoms with E-state index in [1.165, 1.54) is 12.1 Å². The number of rotatable bonds is 8. The third kappa shape index (κ3) is 7.86. The van der Waals surface area contributed by atoms with Gasteiger partial charge in [0.15, 0.2) is 6.61 Å². The van der Waals surface area contributed by atoms with E-state index in [1.807, 2.05) is 11.0 Å². The van der Waals surface area contributed by atoms with Gasteiger partial charge in [0.1, 0.15) is 27.5 Å². The number of sulfone groups is 1.